The number of benzene rings is 2. The first-order valence-corrected chi connectivity index (χ1v) is 6.86. The highest BCUT2D eigenvalue weighted by Gasteiger charge is 2.17. The van der Waals surface area contributed by atoms with Gasteiger partial charge in [-0.2, -0.15) is 0 Å². The van der Waals surface area contributed by atoms with Crippen molar-refractivity contribution in [1.29, 1.82) is 0 Å². The van der Waals surface area contributed by atoms with Crippen LogP contribution < -0.4 is 0 Å². The van der Waals surface area contributed by atoms with Crippen LogP contribution in [-0.2, 0) is 12.8 Å². The Kier molecular flexibility index (Phi) is 2.05. The van der Waals surface area contributed by atoms with Gasteiger partial charge in [-0.25, -0.2) is 0 Å². The van der Waals surface area contributed by atoms with Crippen LogP contribution in [0.25, 0.3) is 21.8 Å². The summed E-state index contributed by atoms with van der Waals surface area (Å²) in [4.78, 5) is 3.65. The first-order chi connectivity index (χ1) is 8.84. The van der Waals surface area contributed by atoms with Crippen molar-refractivity contribution < 1.29 is 0 Å². The van der Waals surface area contributed by atoms with E-state index in [0.29, 0.717) is 0 Å². The van der Waals surface area contributed by atoms with E-state index < -0.39 is 0 Å². The molecule has 0 aliphatic heterocycles. The Hall–Kier alpha value is -1.76. The van der Waals surface area contributed by atoms with Crippen LogP contribution in [0.5, 0.6) is 0 Å². The third kappa shape index (κ3) is 1.28. The Labute approximate surface area is 107 Å². The van der Waals surface area contributed by atoms with Crippen molar-refractivity contribution in [3.05, 3.63) is 47.0 Å². The third-order valence-corrected chi connectivity index (χ3v) is 4.30. The summed E-state index contributed by atoms with van der Waals surface area (Å²) >= 11 is 0. The summed E-state index contributed by atoms with van der Waals surface area (Å²) in [7, 11) is 0. The average Bonchev–Trinajstić information content (AvgIpc) is 2.79. The Morgan fingerprint density at radius 2 is 1.89 bits per heavy atom. The molecule has 1 aliphatic carbocycles. The molecule has 90 valence electrons. The maximum atomic E-state index is 3.65. The molecule has 1 aliphatic rings. The minimum Gasteiger partial charge on any atom is -0.354 e. The largest absolute Gasteiger partial charge is 0.354 e. The van der Waals surface area contributed by atoms with Gasteiger partial charge in [0.25, 0.3) is 0 Å². The molecular formula is C17H17N. The van der Waals surface area contributed by atoms with Gasteiger partial charge in [0.05, 0.1) is 5.52 Å². The lowest BCUT2D eigenvalue weighted by molar-refractivity contribution is 0.689. The molecule has 3 aromatic rings. The Morgan fingerprint density at radius 3 is 2.83 bits per heavy atom. The lowest BCUT2D eigenvalue weighted by Crippen LogP contribution is -2.03. The molecule has 1 heterocycles. The van der Waals surface area contributed by atoms with Gasteiger partial charge < -0.3 is 4.98 Å². The molecule has 0 amide bonds. The SMILES string of the molecule is Cc1cc2c(c3[nH]c4ccccc4c13)CCCC2. The highest BCUT2D eigenvalue weighted by molar-refractivity contribution is 6.10. The van der Waals surface area contributed by atoms with Gasteiger partial charge in [-0.3, -0.25) is 0 Å². The molecule has 1 aromatic heterocycles. The van der Waals surface area contributed by atoms with E-state index in [1.54, 1.807) is 11.1 Å². The van der Waals surface area contributed by atoms with Crippen LogP contribution in [0, 0.1) is 6.92 Å². The van der Waals surface area contributed by atoms with Crippen molar-refractivity contribution in [2.45, 2.75) is 32.6 Å². The fourth-order valence-corrected chi connectivity index (χ4v) is 3.48. The van der Waals surface area contributed by atoms with Crippen LogP contribution in [0.15, 0.2) is 30.3 Å². The van der Waals surface area contributed by atoms with Crippen LogP contribution in [-0.4, -0.2) is 4.98 Å². The smallest absolute Gasteiger partial charge is 0.0502 e. The van der Waals surface area contributed by atoms with Crippen LogP contribution >= 0.6 is 0 Å². The van der Waals surface area contributed by atoms with Crippen LogP contribution in [0.1, 0.15) is 29.5 Å². The molecule has 0 saturated heterocycles. The molecule has 1 heteroatoms. The van der Waals surface area contributed by atoms with Gasteiger partial charge in [-0.05, 0) is 55.4 Å². The molecule has 0 radical (unpaired) electrons. The maximum absolute atomic E-state index is 3.65. The first-order valence-electron chi connectivity index (χ1n) is 6.86. The van der Waals surface area contributed by atoms with Gasteiger partial charge >= 0.3 is 0 Å². The van der Waals surface area contributed by atoms with Gasteiger partial charge in [0.15, 0.2) is 0 Å². The monoisotopic (exact) mass is 235 g/mol. The number of H-pyrrole nitrogens is 1. The van der Waals surface area contributed by atoms with Crippen molar-refractivity contribution in [1.82, 2.24) is 4.98 Å². The van der Waals surface area contributed by atoms with E-state index in [9.17, 15) is 0 Å². The zero-order chi connectivity index (χ0) is 12.1. The Morgan fingerprint density at radius 1 is 1.06 bits per heavy atom. The predicted octanol–water partition coefficient (Wildman–Crippen LogP) is 4.51. The standard InChI is InChI=1S/C17H17N/c1-11-10-12-6-2-3-7-13(12)17-16(11)14-8-4-5-9-15(14)18-17/h4-5,8-10,18H,2-3,6-7H2,1H3. The number of hydrogen-bond acceptors (Lipinski definition) is 0. The number of hydrogen-bond donors (Lipinski definition) is 1. The van der Waals surface area contributed by atoms with Crippen molar-refractivity contribution in [2.24, 2.45) is 0 Å². The van der Waals surface area contributed by atoms with Crippen LogP contribution in [0.4, 0.5) is 0 Å². The van der Waals surface area contributed by atoms with E-state index in [1.807, 2.05) is 0 Å². The minimum atomic E-state index is 1.24. The number of rotatable bonds is 0. The molecular weight excluding hydrogens is 218 g/mol. The van der Waals surface area contributed by atoms with Gasteiger partial charge in [0.1, 0.15) is 0 Å². The van der Waals surface area contributed by atoms with E-state index in [4.69, 9.17) is 0 Å². The van der Waals surface area contributed by atoms with Crippen LogP contribution in [0.2, 0.25) is 0 Å². The van der Waals surface area contributed by atoms with E-state index in [1.165, 1.54) is 53.1 Å². The quantitative estimate of drug-likeness (QED) is 0.590. The minimum absolute atomic E-state index is 1.24. The summed E-state index contributed by atoms with van der Waals surface area (Å²) in [6.07, 6.45) is 5.17. The van der Waals surface area contributed by atoms with Gasteiger partial charge in [-0.1, -0.05) is 24.3 Å². The zero-order valence-electron chi connectivity index (χ0n) is 10.7. The van der Waals surface area contributed by atoms with Crippen molar-refractivity contribution in [2.75, 3.05) is 0 Å². The number of aromatic nitrogens is 1. The molecule has 0 fully saturated rings. The highest BCUT2D eigenvalue weighted by atomic mass is 14.7. The third-order valence-electron chi connectivity index (χ3n) is 4.30. The summed E-state index contributed by atoms with van der Waals surface area (Å²) in [5.41, 5.74) is 7.22. The topological polar surface area (TPSA) is 15.8 Å². The van der Waals surface area contributed by atoms with Crippen LogP contribution in [0.3, 0.4) is 0 Å². The van der Waals surface area contributed by atoms with E-state index in [0.717, 1.165) is 0 Å². The number of aromatic amines is 1. The average molecular weight is 235 g/mol. The second-order valence-electron chi connectivity index (χ2n) is 5.46. The molecule has 1 nitrogen and oxygen atoms in total. The Bertz CT molecular complexity index is 749. The second-order valence-corrected chi connectivity index (χ2v) is 5.46. The number of nitrogens with one attached hydrogen (secondary N) is 1. The normalized spacial score (nSPS) is 15.2. The fourth-order valence-electron chi connectivity index (χ4n) is 3.48. The van der Waals surface area contributed by atoms with Gasteiger partial charge in [0.2, 0.25) is 0 Å². The lowest BCUT2D eigenvalue weighted by Gasteiger charge is -2.17. The summed E-state index contributed by atoms with van der Waals surface area (Å²) in [5, 5.41) is 2.81. The molecule has 0 unspecified atom stereocenters. The zero-order valence-corrected chi connectivity index (χ0v) is 10.7. The first kappa shape index (κ1) is 10.2. The Balaban J connectivity index is 2.21. The van der Waals surface area contributed by atoms with E-state index in [2.05, 4.69) is 42.2 Å². The number of fused-ring (bicyclic) bond motifs is 5. The maximum Gasteiger partial charge on any atom is 0.0502 e. The molecule has 18 heavy (non-hydrogen) atoms. The molecule has 2 aromatic carbocycles. The van der Waals surface area contributed by atoms with E-state index >= 15 is 0 Å². The molecule has 1 N–H and O–H groups in total. The number of para-hydroxylation sites is 1. The van der Waals surface area contributed by atoms with Gasteiger partial charge in [-0.15, -0.1) is 0 Å². The molecule has 0 saturated carbocycles. The fraction of sp³-hybridized carbons (Fsp3) is 0.294. The summed E-state index contributed by atoms with van der Waals surface area (Å²) in [6.45, 7) is 2.25. The van der Waals surface area contributed by atoms with E-state index in [-0.39, 0.29) is 0 Å². The lowest BCUT2D eigenvalue weighted by atomic mass is 9.88. The number of aryl methyl sites for hydroxylation is 3. The molecule has 4 rings (SSSR count). The second kappa shape index (κ2) is 3.61. The molecule has 0 bridgehead atoms. The summed E-state index contributed by atoms with van der Waals surface area (Å²) in [5.74, 6) is 0. The van der Waals surface area contributed by atoms with Crippen molar-refractivity contribution in [3.63, 3.8) is 0 Å². The summed E-state index contributed by atoms with van der Waals surface area (Å²) in [6, 6.07) is 11.1. The van der Waals surface area contributed by atoms with Gasteiger partial charge in [0, 0.05) is 16.3 Å². The highest BCUT2D eigenvalue weighted by Crippen LogP contribution is 2.35. The predicted molar refractivity (Wildman–Crippen MR) is 77.2 cm³/mol. The van der Waals surface area contributed by atoms with Crippen molar-refractivity contribution in [3.8, 4) is 0 Å². The molecule has 0 spiro atoms. The summed E-state index contributed by atoms with van der Waals surface area (Å²) < 4.78 is 0. The molecule has 0 atom stereocenters. The van der Waals surface area contributed by atoms with Crippen molar-refractivity contribution >= 4 is 21.8 Å².